The van der Waals surface area contributed by atoms with Crippen LogP contribution in [0.1, 0.15) is 53.9 Å². The standard InChI is InChI=1S/C28H34O4Si/c1-19-11-7-8-12-21(19)23-17-20(15-16-22(23)27(29)30)26(18-31-33(5)6)32-25-14-10-9-13-24(25)28(2,3)4/h7-17,26,33H,18H2,1-6H3,(H,29,30). The lowest BCUT2D eigenvalue weighted by molar-refractivity contribution is 0.0697. The first-order chi connectivity index (χ1) is 15.6. The summed E-state index contributed by atoms with van der Waals surface area (Å²) in [4.78, 5) is 12.0. The van der Waals surface area contributed by atoms with Crippen molar-refractivity contribution in [2.75, 3.05) is 6.61 Å². The first kappa shape index (κ1) is 24.7. The van der Waals surface area contributed by atoms with Gasteiger partial charge in [-0.25, -0.2) is 4.79 Å². The average Bonchev–Trinajstić information content (AvgIpc) is 2.76. The van der Waals surface area contributed by atoms with Gasteiger partial charge in [-0.3, -0.25) is 0 Å². The van der Waals surface area contributed by atoms with Crippen molar-refractivity contribution in [1.82, 2.24) is 0 Å². The van der Waals surface area contributed by atoms with Gasteiger partial charge in [0, 0.05) is 0 Å². The second kappa shape index (κ2) is 10.4. The molecule has 3 aromatic rings. The summed E-state index contributed by atoms with van der Waals surface area (Å²) in [5.74, 6) is -0.120. The van der Waals surface area contributed by atoms with Gasteiger partial charge in [0.2, 0.25) is 0 Å². The number of ether oxygens (including phenoxy) is 1. The van der Waals surface area contributed by atoms with Crippen LogP contribution in [0.4, 0.5) is 0 Å². The number of benzene rings is 3. The molecule has 4 nitrogen and oxygen atoms in total. The molecule has 0 aliphatic heterocycles. The molecule has 0 amide bonds. The molecule has 1 atom stereocenters. The Hall–Kier alpha value is -2.89. The van der Waals surface area contributed by atoms with Crippen molar-refractivity contribution in [1.29, 1.82) is 0 Å². The molecule has 3 rings (SSSR count). The molecule has 0 aliphatic rings. The molecule has 1 N–H and O–H groups in total. The molecular weight excluding hydrogens is 428 g/mol. The van der Waals surface area contributed by atoms with Crippen LogP contribution in [0.5, 0.6) is 5.75 Å². The highest BCUT2D eigenvalue weighted by Crippen LogP contribution is 2.36. The largest absolute Gasteiger partial charge is 0.483 e. The minimum Gasteiger partial charge on any atom is -0.483 e. The third-order valence-corrected chi connectivity index (χ3v) is 6.49. The van der Waals surface area contributed by atoms with Gasteiger partial charge in [-0.1, -0.05) is 69.3 Å². The predicted molar refractivity (Wildman–Crippen MR) is 137 cm³/mol. The number of hydrogen-bond acceptors (Lipinski definition) is 3. The van der Waals surface area contributed by atoms with Gasteiger partial charge in [-0.05, 0) is 71.4 Å². The van der Waals surface area contributed by atoms with Gasteiger partial charge in [-0.15, -0.1) is 0 Å². The van der Waals surface area contributed by atoms with Gasteiger partial charge < -0.3 is 14.3 Å². The zero-order valence-electron chi connectivity index (χ0n) is 20.4. The lowest BCUT2D eigenvalue weighted by Crippen LogP contribution is -2.21. The van der Waals surface area contributed by atoms with Crippen LogP contribution in [0.15, 0.2) is 66.7 Å². The summed E-state index contributed by atoms with van der Waals surface area (Å²) in [5, 5.41) is 9.83. The SMILES string of the molecule is Cc1ccccc1-c1cc(C(CO[SiH](C)C)Oc2ccccc2C(C)(C)C)ccc1C(=O)O. The molecule has 0 saturated carbocycles. The summed E-state index contributed by atoms with van der Waals surface area (Å²) in [6, 6.07) is 21.4. The van der Waals surface area contributed by atoms with E-state index in [1.165, 1.54) is 0 Å². The van der Waals surface area contributed by atoms with Gasteiger partial charge in [-0.2, -0.15) is 0 Å². The van der Waals surface area contributed by atoms with E-state index in [1.807, 2.05) is 61.5 Å². The van der Waals surface area contributed by atoms with Crippen molar-refractivity contribution >= 4 is 15.0 Å². The summed E-state index contributed by atoms with van der Waals surface area (Å²) in [5.41, 5.74) is 4.85. The van der Waals surface area contributed by atoms with Crippen LogP contribution in [-0.4, -0.2) is 26.7 Å². The lowest BCUT2D eigenvalue weighted by Gasteiger charge is -2.27. The van der Waals surface area contributed by atoms with Crippen molar-refractivity contribution in [3.8, 4) is 16.9 Å². The van der Waals surface area contributed by atoms with E-state index in [9.17, 15) is 9.90 Å². The Morgan fingerprint density at radius 3 is 2.27 bits per heavy atom. The van der Waals surface area contributed by atoms with Gasteiger partial charge in [0.15, 0.2) is 9.04 Å². The van der Waals surface area contributed by atoms with Crippen LogP contribution in [0.2, 0.25) is 13.1 Å². The molecule has 0 aliphatic carbocycles. The highest BCUT2D eigenvalue weighted by atomic mass is 28.3. The Balaban J connectivity index is 2.10. The maximum atomic E-state index is 12.0. The summed E-state index contributed by atoms with van der Waals surface area (Å²) in [6.07, 6.45) is -0.353. The van der Waals surface area contributed by atoms with Crippen LogP contribution in [0, 0.1) is 6.92 Å². The monoisotopic (exact) mass is 462 g/mol. The van der Waals surface area contributed by atoms with E-state index < -0.39 is 15.0 Å². The fourth-order valence-corrected chi connectivity index (χ4v) is 4.43. The summed E-state index contributed by atoms with van der Waals surface area (Å²) >= 11 is 0. The molecule has 0 saturated heterocycles. The molecule has 5 heteroatoms. The molecule has 1 unspecified atom stereocenters. The smallest absolute Gasteiger partial charge is 0.336 e. The zero-order chi connectivity index (χ0) is 24.2. The van der Waals surface area contributed by atoms with Crippen LogP contribution >= 0.6 is 0 Å². The Labute approximate surface area is 198 Å². The van der Waals surface area contributed by atoms with Crippen molar-refractivity contribution in [3.63, 3.8) is 0 Å². The van der Waals surface area contributed by atoms with E-state index in [2.05, 4.69) is 39.9 Å². The number of para-hydroxylation sites is 1. The zero-order valence-corrected chi connectivity index (χ0v) is 21.5. The Morgan fingerprint density at radius 1 is 0.970 bits per heavy atom. The van der Waals surface area contributed by atoms with Crippen LogP contribution < -0.4 is 4.74 Å². The maximum absolute atomic E-state index is 12.0. The highest BCUT2D eigenvalue weighted by molar-refractivity contribution is 6.48. The van der Waals surface area contributed by atoms with Crippen LogP contribution in [-0.2, 0) is 9.84 Å². The molecule has 174 valence electrons. The van der Waals surface area contributed by atoms with Gasteiger partial charge >= 0.3 is 5.97 Å². The topological polar surface area (TPSA) is 55.8 Å². The summed E-state index contributed by atoms with van der Waals surface area (Å²) in [6.45, 7) is 13.2. The molecule has 33 heavy (non-hydrogen) atoms. The fraction of sp³-hybridized carbons (Fsp3) is 0.321. The Kier molecular flexibility index (Phi) is 7.77. The second-order valence-electron chi connectivity index (χ2n) is 9.66. The van der Waals surface area contributed by atoms with Crippen LogP contribution in [0.3, 0.4) is 0 Å². The van der Waals surface area contributed by atoms with E-state index in [0.717, 1.165) is 28.0 Å². The first-order valence-corrected chi connectivity index (χ1v) is 14.2. The number of carboxylic acid groups (broad SMARTS) is 1. The van der Waals surface area contributed by atoms with Gasteiger partial charge in [0.25, 0.3) is 0 Å². The highest BCUT2D eigenvalue weighted by Gasteiger charge is 2.24. The fourth-order valence-electron chi connectivity index (χ4n) is 3.87. The summed E-state index contributed by atoms with van der Waals surface area (Å²) in [7, 11) is -1.28. The molecule has 0 bridgehead atoms. The van der Waals surface area contributed by atoms with Crippen LogP contribution in [0.25, 0.3) is 11.1 Å². The third kappa shape index (κ3) is 6.12. The third-order valence-electron chi connectivity index (χ3n) is 5.63. The quantitative estimate of drug-likeness (QED) is 0.375. The average molecular weight is 463 g/mol. The first-order valence-electron chi connectivity index (χ1n) is 11.4. The van der Waals surface area contributed by atoms with Crippen molar-refractivity contribution in [3.05, 3.63) is 89.0 Å². The van der Waals surface area contributed by atoms with E-state index in [4.69, 9.17) is 9.16 Å². The molecular formula is C28H34O4Si. The lowest BCUT2D eigenvalue weighted by atomic mass is 9.86. The predicted octanol–water partition coefficient (Wildman–Crippen LogP) is 6.78. The summed E-state index contributed by atoms with van der Waals surface area (Å²) < 4.78 is 12.7. The number of aryl methyl sites for hydroxylation is 1. The second-order valence-corrected chi connectivity index (χ2v) is 12.1. The number of carbonyl (C=O) groups is 1. The molecule has 0 spiro atoms. The maximum Gasteiger partial charge on any atom is 0.336 e. The molecule has 0 fully saturated rings. The molecule has 3 aromatic carbocycles. The Morgan fingerprint density at radius 2 is 1.64 bits per heavy atom. The molecule has 0 radical (unpaired) electrons. The van der Waals surface area contributed by atoms with Crippen molar-refractivity contribution in [2.24, 2.45) is 0 Å². The van der Waals surface area contributed by atoms with Crippen molar-refractivity contribution in [2.45, 2.75) is 52.3 Å². The number of rotatable bonds is 8. The number of carboxylic acids is 1. The van der Waals surface area contributed by atoms with E-state index in [0.29, 0.717) is 12.2 Å². The molecule has 0 aromatic heterocycles. The van der Waals surface area contributed by atoms with E-state index >= 15 is 0 Å². The minimum atomic E-state index is -1.28. The number of hydrogen-bond donors (Lipinski definition) is 1. The van der Waals surface area contributed by atoms with Gasteiger partial charge in [0.1, 0.15) is 11.9 Å². The number of aromatic carboxylic acids is 1. The normalized spacial score (nSPS) is 12.6. The molecule has 0 heterocycles. The Bertz CT molecular complexity index is 1110. The van der Waals surface area contributed by atoms with E-state index in [1.54, 1.807) is 6.07 Å². The minimum absolute atomic E-state index is 0.0751. The van der Waals surface area contributed by atoms with Crippen molar-refractivity contribution < 1.29 is 19.1 Å². The van der Waals surface area contributed by atoms with Gasteiger partial charge in [0.05, 0.1) is 12.2 Å². The van der Waals surface area contributed by atoms with E-state index in [-0.39, 0.29) is 17.1 Å².